The van der Waals surface area contributed by atoms with Gasteiger partial charge in [-0.2, -0.15) is 4.57 Å². The highest BCUT2D eigenvalue weighted by Crippen LogP contribution is 2.49. The second-order valence-corrected chi connectivity index (χ2v) is 8.26. The van der Waals surface area contributed by atoms with E-state index in [0.717, 1.165) is 12.8 Å². The van der Waals surface area contributed by atoms with E-state index in [1.807, 2.05) is 0 Å². The van der Waals surface area contributed by atoms with Crippen LogP contribution in [0.15, 0.2) is 36.5 Å². The lowest BCUT2D eigenvalue weighted by atomic mass is 9.60. The highest BCUT2D eigenvalue weighted by atomic mass is 15.1. The van der Waals surface area contributed by atoms with Crippen molar-refractivity contribution < 1.29 is 4.57 Å². The number of fused-ring (bicyclic) bond motifs is 3. The van der Waals surface area contributed by atoms with Gasteiger partial charge in [-0.15, -0.1) is 0 Å². The maximum atomic E-state index is 2.57. The molecule has 2 unspecified atom stereocenters. The van der Waals surface area contributed by atoms with Gasteiger partial charge in [0.05, 0.1) is 11.0 Å². The van der Waals surface area contributed by atoms with Crippen LogP contribution in [-0.2, 0) is 17.4 Å². The Kier molecular flexibility index (Phi) is 4.79. The van der Waals surface area contributed by atoms with Crippen LogP contribution >= 0.6 is 0 Å². The molecule has 0 saturated heterocycles. The fourth-order valence-corrected chi connectivity index (χ4v) is 4.74. The molecule has 2 aromatic rings. The van der Waals surface area contributed by atoms with E-state index in [1.165, 1.54) is 47.2 Å². The van der Waals surface area contributed by atoms with E-state index in [9.17, 15) is 0 Å². The van der Waals surface area contributed by atoms with Crippen LogP contribution in [0.5, 0.6) is 0 Å². The molecule has 1 aliphatic heterocycles. The minimum atomic E-state index is 0.0984. The molecular weight excluding hydrogens is 302 g/mol. The van der Waals surface area contributed by atoms with Gasteiger partial charge in [0.25, 0.3) is 0 Å². The van der Waals surface area contributed by atoms with Gasteiger partial charge in [0.15, 0.2) is 11.7 Å². The van der Waals surface area contributed by atoms with Gasteiger partial charge in [0.1, 0.15) is 0 Å². The Labute approximate surface area is 154 Å². The van der Waals surface area contributed by atoms with E-state index in [0.29, 0.717) is 0 Å². The first kappa shape index (κ1) is 18.2. The summed E-state index contributed by atoms with van der Waals surface area (Å²) in [5, 5.41) is 0. The first-order valence-corrected chi connectivity index (χ1v) is 10.1. The standard InChI is InChI=1S/C24H34N/c1-7-10-11-19-14-15-25-22(17-19)20-13-12-18(4)16-21(20)23(5,8-2)24(25,6)9-3/h12-17H,7-11H2,1-6H3/q+1. The van der Waals surface area contributed by atoms with Crippen LogP contribution < -0.4 is 4.57 Å². The average molecular weight is 337 g/mol. The van der Waals surface area contributed by atoms with Crippen molar-refractivity contribution in [1.29, 1.82) is 0 Å². The summed E-state index contributed by atoms with van der Waals surface area (Å²) in [6, 6.07) is 11.9. The van der Waals surface area contributed by atoms with Gasteiger partial charge in [-0.25, -0.2) is 0 Å². The lowest BCUT2D eigenvalue weighted by Crippen LogP contribution is -2.67. The molecule has 1 aliphatic rings. The van der Waals surface area contributed by atoms with Crippen LogP contribution in [0.2, 0.25) is 0 Å². The Bertz CT molecular complexity index is 776. The average Bonchev–Trinajstić information content (AvgIpc) is 2.64. The zero-order valence-corrected chi connectivity index (χ0v) is 16.9. The molecular formula is C24H34N+. The quantitative estimate of drug-likeness (QED) is 0.581. The molecule has 1 heteroatoms. The molecule has 0 spiro atoms. The van der Waals surface area contributed by atoms with Crippen LogP contribution in [0, 0.1) is 6.92 Å². The number of pyridine rings is 1. The Morgan fingerprint density at radius 3 is 2.36 bits per heavy atom. The largest absolute Gasteiger partial charge is 0.213 e. The van der Waals surface area contributed by atoms with Gasteiger partial charge >= 0.3 is 0 Å². The highest BCUT2D eigenvalue weighted by Gasteiger charge is 2.56. The summed E-state index contributed by atoms with van der Waals surface area (Å²) >= 11 is 0. The molecule has 0 bridgehead atoms. The molecule has 25 heavy (non-hydrogen) atoms. The number of aryl methyl sites for hydroxylation is 2. The van der Waals surface area contributed by atoms with Crippen LogP contribution in [-0.4, -0.2) is 0 Å². The van der Waals surface area contributed by atoms with Gasteiger partial charge in [-0.3, -0.25) is 0 Å². The molecule has 1 aromatic carbocycles. The van der Waals surface area contributed by atoms with Crippen molar-refractivity contribution in [3.05, 3.63) is 53.2 Å². The molecule has 0 amide bonds. The van der Waals surface area contributed by atoms with Gasteiger partial charge < -0.3 is 0 Å². The number of rotatable bonds is 5. The fourth-order valence-electron chi connectivity index (χ4n) is 4.74. The third kappa shape index (κ3) is 2.63. The van der Waals surface area contributed by atoms with Gasteiger partial charge in [-0.1, -0.05) is 44.9 Å². The molecule has 134 valence electrons. The zero-order chi connectivity index (χ0) is 18.2. The van der Waals surface area contributed by atoms with E-state index >= 15 is 0 Å². The highest BCUT2D eigenvalue weighted by molar-refractivity contribution is 5.66. The summed E-state index contributed by atoms with van der Waals surface area (Å²) < 4.78 is 2.57. The van der Waals surface area contributed by atoms with Gasteiger partial charge in [-0.05, 0) is 50.3 Å². The normalized spacial score (nSPS) is 24.7. The van der Waals surface area contributed by atoms with Gasteiger partial charge in [0, 0.05) is 25.5 Å². The van der Waals surface area contributed by atoms with Gasteiger partial charge in [0.2, 0.25) is 5.69 Å². The first-order chi connectivity index (χ1) is 11.9. The molecule has 0 N–H and O–H groups in total. The van der Waals surface area contributed by atoms with Crippen molar-refractivity contribution >= 4 is 0 Å². The van der Waals surface area contributed by atoms with E-state index in [2.05, 4.69) is 82.6 Å². The maximum absolute atomic E-state index is 2.57. The Hall–Kier alpha value is -1.63. The number of aromatic nitrogens is 1. The summed E-state index contributed by atoms with van der Waals surface area (Å²) in [5.41, 5.74) is 7.45. The van der Waals surface area contributed by atoms with Crippen molar-refractivity contribution in [2.45, 2.75) is 84.6 Å². The maximum Gasteiger partial charge on any atom is 0.213 e. The summed E-state index contributed by atoms with van der Waals surface area (Å²) in [6.07, 6.45) is 8.34. The first-order valence-electron chi connectivity index (χ1n) is 10.1. The molecule has 1 aromatic heterocycles. The van der Waals surface area contributed by atoms with Crippen LogP contribution in [0.1, 0.15) is 77.0 Å². The van der Waals surface area contributed by atoms with Crippen LogP contribution in [0.3, 0.4) is 0 Å². The summed E-state index contributed by atoms with van der Waals surface area (Å²) in [5.74, 6) is 0. The van der Waals surface area contributed by atoms with E-state index in [1.54, 1.807) is 0 Å². The third-order valence-corrected chi connectivity index (χ3v) is 7.00. The monoisotopic (exact) mass is 336 g/mol. The minimum absolute atomic E-state index is 0.0984. The second-order valence-electron chi connectivity index (χ2n) is 8.26. The van der Waals surface area contributed by atoms with Crippen molar-refractivity contribution in [3.63, 3.8) is 0 Å². The van der Waals surface area contributed by atoms with Crippen LogP contribution in [0.4, 0.5) is 0 Å². The molecule has 2 atom stereocenters. The summed E-state index contributed by atoms with van der Waals surface area (Å²) in [4.78, 5) is 0. The Morgan fingerprint density at radius 2 is 1.72 bits per heavy atom. The van der Waals surface area contributed by atoms with Crippen LogP contribution in [0.25, 0.3) is 11.3 Å². The number of unbranched alkanes of at least 4 members (excludes halogenated alkanes) is 1. The predicted molar refractivity (Wildman–Crippen MR) is 107 cm³/mol. The Balaban J connectivity index is 2.29. The number of hydrogen-bond donors (Lipinski definition) is 0. The molecule has 0 saturated carbocycles. The summed E-state index contributed by atoms with van der Waals surface area (Å²) in [6.45, 7) is 14.1. The number of nitrogens with zero attached hydrogens (tertiary/aromatic N) is 1. The second kappa shape index (κ2) is 6.59. The van der Waals surface area contributed by atoms with E-state index in [-0.39, 0.29) is 11.0 Å². The topological polar surface area (TPSA) is 3.88 Å². The van der Waals surface area contributed by atoms with E-state index < -0.39 is 0 Å². The summed E-state index contributed by atoms with van der Waals surface area (Å²) in [7, 11) is 0. The lowest BCUT2D eigenvalue weighted by Gasteiger charge is -2.46. The molecule has 0 radical (unpaired) electrons. The van der Waals surface area contributed by atoms with E-state index in [4.69, 9.17) is 0 Å². The molecule has 3 rings (SSSR count). The third-order valence-electron chi connectivity index (χ3n) is 7.00. The SMILES string of the molecule is CCCCc1cc[n+]2c(c1)-c1ccc(C)cc1C(C)(CC)C2(C)CC. The van der Waals surface area contributed by atoms with Crippen molar-refractivity contribution in [1.82, 2.24) is 0 Å². The predicted octanol–water partition coefficient (Wildman–Crippen LogP) is 6.10. The molecule has 0 fully saturated rings. The molecule has 1 nitrogen and oxygen atoms in total. The molecule has 2 heterocycles. The smallest absolute Gasteiger partial charge is 0.192 e. The number of hydrogen-bond acceptors (Lipinski definition) is 0. The molecule has 0 aliphatic carbocycles. The Morgan fingerprint density at radius 1 is 0.960 bits per heavy atom. The van der Waals surface area contributed by atoms with Crippen molar-refractivity contribution in [2.75, 3.05) is 0 Å². The number of benzene rings is 1. The minimum Gasteiger partial charge on any atom is -0.192 e. The van der Waals surface area contributed by atoms with Crippen molar-refractivity contribution in [2.24, 2.45) is 0 Å². The lowest BCUT2D eigenvalue weighted by molar-refractivity contribution is -0.765. The zero-order valence-electron chi connectivity index (χ0n) is 16.9. The van der Waals surface area contributed by atoms with Crippen molar-refractivity contribution in [3.8, 4) is 11.3 Å². The fraction of sp³-hybridized carbons (Fsp3) is 0.542.